The summed E-state index contributed by atoms with van der Waals surface area (Å²) in [6.07, 6.45) is 4.33. The molecule has 2 aromatic rings. The third-order valence-corrected chi connectivity index (χ3v) is 11.7. The van der Waals surface area contributed by atoms with Crippen LogP contribution in [0.1, 0.15) is 59.3 Å². The number of amides is 4. The predicted molar refractivity (Wildman–Crippen MR) is 199 cm³/mol. The van der Waals surface area contributed by atoms with E-state index in [-0.39, 0.29) is 38.5 Å². The minimum atomic E-state index is -3.91. The summed E-state index contributed by atoms with van der Waals surface area (Å²) in [7, 11) is 1.35. The molecule has 1 aromatic carbocycles. The van der Waals surface area contributed by atoms with Crippen LogP contribution in [0.3, 0.4) is 0 Å². The highest BCUT2D eigenvalue weighted by Crippen LogP contribution is 2.46. The van der Waals surface area contributed by atoms with E-state index in [4.69, 9.17) is 23.9 Å². The molecule has 5 atom stereocenters. The number of nitrogens with zero attached hydrogens (tertiary/aromatic N) is 3. The van der Waals surface area contributed by atoms with Gasteiger partial charge < -0.3 is 39.4 Å². The van der Waals surface area contributed by atoms with Gasteiger partial charge in [-0.05, 0) is 82.5 Å². The fraction of sp³-hybridized carbons (Fsp3) is 0.595. The van der Waals surface area contributed by atoms with Crippen LogP contribution in [0.25, 0.3) is 10.8 Å². The fourth-order valence-electron chi connectivity index (χ4n) is 6.73. The number of ether oxygens (including phenoxy) is 4. The lowest BCUT2D eigenvalue weighted by molar-refractivity contribution is -0.142. The number of benzene rings is 1. The van der Waals surface area contributed by atoms with Crippen molar-refractivity contribution >= 4 is 50.4 Å². The first-order valence-electron chi connectivity index (χ1n) is 18.2. The molecule has 294 valence electrons. The largest absolute Gasteiger partial charge is 0.497 e. The summed E-state index contributed by atoms with van der Waals surface area (Å²) in [5, 5.41) is 6.31. The molecular formula is C37H50N6O10S. The van der Waals surface area contributed by atoms with Gasteiger partial charge in [-0.25, -0.2) is 13.2 Å². The van der Waals surface area contributed by atoms with Gasteiger partial charge >= 0.3 is 6.09 Å². The normalized spacial score (nSPS) is 26.4. The first-order chi connectivity index (χ1) is 25.5. The van der Waals surface area contributed by atoms with Gasteiger partial charge in [0, 0.05) is 38.4 Å². The lowest BCUT2D eigenvalue weighted by atomic mass is 10.1. The summed E-state index contributed by atoms with van der Waals surface area (Å²) in [5.74, 6) is -1.05. The first-order valence-corrected chi connectivity index (χ1v) is 19.8. The Balaban J connectivity index is 1.34. The third-order valence-electron chi connectivity index (χ3n) is 9.84. The minimum Gasteiger partial charge on any atom is -0.497 e. The standard InChI is InChI=1S/C37H50N6O10S/c1-36(2,3)53-35(47)38-28-21-51-15-9-7-8-10-23-19-37(23,34(46)41-54(48,49)26-12-13-26)40-31(44)29-18-25(20-43(29)33(28)45)52-32-27-14-11-24(50-6)16-22(27)17-30(39-32)42(4)5/h8,10-11,14,16-17,23,25-26,28-29H,7,9,12-13,15,18-21H2,1-6H3,(H,38,47)(H,40,44)(H,41,46)/t23-,25?,28+,29+,37-/m1/s1. The number of nitrogens with one attached hydrogen (secondary N) is 3. The van der Waals surface area contributed by atoms with Crippen molar-refractivity contribution < 1.29 is 46.5 Å². The van der Waals surface area contributed by atoms with Crippen LogP contribution >= 0.6 is 0 Å². The molecule has 1 unspecified atom stereocenters. The number of carbonyl (C=O) groups excluding carboxylic acids is 4. The van der Waals surface area contributed by atoms with Gasteiger partial charge in [-0.15, -0.1) is 0 Å². The Morgan fingerprint density at radius 3 is 2.59 bits per heavy atom. The number of allylic oxidation sites excluding steroid dienone is 1. The summed E-state index contributed by atoms with van der Waals surface area (Å²) < 4.78 is 51.1. The molecule has 2 aliphatic heterocycles. The summed E-state index contributed by atoms with van der Waals surface area (Å²) in [6.45, 7) is 5.09. The Kier molecular flexibility index (Phi) is 11.0. The molecule has 2 saturated carbocycles. The van der Waals surface area contributed by atoms with E-state index in [0.29, 0.717) is 42.6 Å². The molecule has 2 aliphatic carbocycles. The van der Waals surface area contributed by atoms with Gasteiger partial charge in [0.25, 0.3) is 5.91 Å². The highest BCUT2D eigenvalue weighted by Gasteiger charge is 2.62. The topological polar surface area (TPSA) is 195 Å². The Morgan fingerprint density at radius 1 is 1.15 bits per heavy atom. The van der Waals surface area contributed by atoms with Crippen LogP contribution in [0.2, 0.25) is 0 Å². The summed E-state index contributed by atoms with van der Waals surface area (Å²) in [5.41, 5.74) is -2.39. The maximum absolute atomic E-state index is 14.4. The van der Waals surface area contributed by atoms with Gasteiger partial charge in [0.15, 0.2) is 0 Å². The number of alkyl carbamates (subject to hydrolysis) is 1. The molecule has 0 radical (unpaired) electrons. The van der Waals surface area contributed by atoms with Crippen molar-refractivity contribution in [2.45, 2.75) is 93.9 Å². The first kappa shape index (κ1) is 39.1. The number of aromatic nitrogens is 1. The van der Waals surface area contributed by atoms with Crippen LogP contribution in [-0.2, 0) is 33.9 Å². The molecule has 1 aromatic heterocycles. The maximum atomic E-state index is 14.4. The monoisotopic (exact) mass is 770 g/mol. The second kappa shape index (κ2) is 15.2. The number of pyridine rings is 1. The quantitative estimate of drug-likeness (QED) is 0.333. The van der Waals surface area contributed by atoms with Crippen molar-refractivity contribution in [1.82, 2.24) is 25.2 Å². The van der Waals surface area contributed by atoms with E-state index in [9.17, 15) is 27.6 Å². The molecule has 6 rings (SSSR count). The van der Waals surface area contributed by atoms with Crippen LogP contribution in [0.5, 0.6) is 11.6 Å². The highest BCUT2D eigenvalue weighted by molar-refractivity contribution is 7.91. The van der Waals surface area contributed by atoms with E-state index < -0.39 is 74.3 Å². The number of carbonyl (C=O) groups is 4. The van der Waals surface area contributed by atoms with E-state index >= 15 is 0 Å². The number of methoxy groups -OCH3 is 1. The predicted octanol–water partition coefficient (Wildman–Crippen LogP) is 2.40. The number of rotatable bonds is 8. The zero-order chi connectivity index (χ0) is 39.0. The summed E-state index contributed by atoms with van der Waals surface area (Å²) in [4.78, 5) is 63.4. The second-order valence-corrected chi connectivity index (χ2v) is 17.5. The Morgan fingerprint density at radius 2 is 1.91 bits per heavy atom. The lowest BCUT2D eigenvalue weighted by Gasteiger charge is -2.30. The number of hydrogen-bond donors (Lipinski definition) is 3. The van der Waals surface area contributed by atoms with Crippen LogP contribution in [0.4, 0.5) is 10.6 Å². The SMILES string of the molecule is COc1ccc2c(OC3C[C@H]4C(=O)N[C@]5(C(=O)NS(=O)(=O)C6CC6)C[C@H]5C=CCCCOC[C@H](NC(=O)OC(C)(C)C)C(=O)N4C3)nc(N(C)C)cc2c1. The molecule has 16 nitrogen and oxygen atoms in total. The molecule has 3 N–H and O–H groups in total. The third kappa shape index (κ3) is 8.83. The molecule has 54 heavy (non-hydrogen) atoms. The van der Waals surface area contributed by atoms with Crippen molar-refractivity contribution in [1.29, 1.82) is 0 Å². The fourth-order valence-corrected chi connectivity index (χ4v) is 8.09. The average Bonchev–Trinajstić information content (AvgIpc) is 4.02. The van der Waals surface area contributed by atoms with Crippen molar-refractivity contribution in [3.8, 4) is 11.6 Å². The Hall–Kier alpha value is -4.64. The van der Waals surface area contributed by atoms with Crippen molar-refractivity contribution in [3.05, 3.63) is 36.4 Å². The molecular weight excluding hydrogens is 721 g/mol. The summed E-state index contributed by atoms with van der Waals surface area (Å²) >= 11 is 0. The van der Waals surface area contributed by atoms with Gasteiger partial charge in [0.05, 0.1) is 25.5 Å². The van der Waals surface area contributed by atoms with E-state index in [1.54, 1.807) is 33.9 Å². The number of hydrogen-bond acceptors (Lipinski definition) is 12. The molecule has 4 amide bonds. The molecule has 17 heteroatoms. The van der Waals surface area contributed by atoms with Crippen molar-refractivity contribution in [2.24, 2.45) is 5.92 Å². The molecule has 4 aliphatic rings. The van der Waals surface area contributed by atoms with E-state index in [1.165, 1.54) is 4.90 Å². The highest BCUT2D eigenvalue weighted by atomic mass is 32.2. The van der Waals surface area contributed by atoms with E-state index in [2.05, 4.69) is 15.4 Å². The van der Waals surface area contributed by atoms with E-state index in [0.717, 1.165) is 5.39 Å². The Labute approximate surface area is 315 Å². The van der Waals surface area contributed by atoms with Gasteiger partial charge in [0.2, 0.25) is 27.7 Å². The van der Waals surface area contributed by atoms with Crippen molar-refractivity contribution in [2.75, 3.05) is 45.9 Å². The van der Waals surface area contributed by atoms with Gasteiger partial charge in [-0.2, -0.15) is 4.98 Å². The van der Waals surface area contributed by atoms with Gasteiger partial charge in [0.1, 0.15) is 40.9 Å². The van der Waals surface area contributed by atoms with Gasteiger partial charge in [-0.1, -0.05) is 12.2 Å². The average molecular weight is 771 g/mol. The zero-order valence-corrected chi connectivity index (χ0v) is 32.4. The lowest BCUT2D eigenvalue weighted by Crippen LogP contribution is -2.59. The second-order valence-electron chi connectivity index (χ2n) is 15.5. The molecule has 0 bridgehead atoms. The minimum absolute atomic E-state index is 0.00167. The van der Waals surface area contributed by atoms with E-state index in [1.807, 2.05) is 49.3 Å². The van der Waals surface area contributed by atoms with Crippen LogP contribution in [-0.4, -0.2) is 118 Å². The van der Waals surface area contributed by atoms with Crippen molar-refractivity contribution in [3.63, 3.8) is 0 Å². The Bertz CT molecular complexity index is 1930. The number of anilines is 1. The zero-order valence-electron chi connectivity index (χ0n) is 31.5. The van der Waals surface area contributed by atoms with Crippen LogP contribution in [0, 0.1) is 5.92 Å². The molecule has 3 fully saturated rings. The maximum Gasteiger partial charge on any atom is 0.408 e. The molecule has 1 saturated heterocycles. The van der Waals surface area contributed by atoms with Crippen LogP contribution in [0.15, 0.2) is 36.4 Å². The van der Waals surface area contributed by atoms with Crippen LogP contribution < -0.4 is 29.7 Å². The van der Waals surface area contributed by atoms with Gasteiger partial charge in [-0.3, -0.25) is 19.1 Å². The number of sulfonamides is 1. The number of fused-ring (bicyclic) bond motifs is 3. The smallest absolute Gasteiger partial charge is 0.408 e. The summed E-state index contributed by atoms with van der Waals surface area (Å²) in [6, 6.07) is 4.94. The molecule has 0 spiro atoms. The molecule has 3 heterocycles.